The van der Waals surface area contributed by atoms with Crippen molar-refractivity contribution in [3.8, 4) is 11.4 Å². The van der Waals surface area contributed by atoms with E-state index < -0.39 is 17.8 Å². The Bertz CT molecular complexity index is 738. The number of hydrogen-bond donors (Lipinski definition) is 2. The normalized spacial score (nSPS) is 11.7. The molecule has 0 saturated heterocycles. The van der Waals surface area contributed by atoms with Crippen LogP contribution in [0.2, 0.25) is 0 Å². The van der Waals surface area contributed by atoms with Crippen molar-refractivity contribution in [2.24, 2.45) is 5.10 Å². The van der Waals surface area contributed by atoms with Crippen molar-refractivity contribution in [1.82, 2.24) is 15.4 Å². The van der Waals surface area contributed by atoms with Crippen LogP contribution in [0.25, 0.3) is 11.4 Å². The van der Waals surface area contributed by atoms with E-state index >= 15 is 0 Å². The molecule has 0 fully saturated rings. The van der Waals surface area contributed by atoms with E-state index in [2.05, 4.69) is 25.2 Å². The van der Waals surface area contributed by atoms with Gasteiger partial charge < -0.3 is 9.72 Å². The van der Waals surface area contributed by atoms with Crippen LogP contribution < -0.4 is 5.43 Å². The molecule has 122 valence electrons. The van der Waals surface area contributed by atoms with E-state index in [1.807, 2.05) is 0 Å². The number of H-pyrrole nitrogens is 1. The SMILES string of the molecule is COC(=O)NN=Cc1nc(-c2cccc(C(F)(F)F)c2)[nH]c1C. The van der Waals surface area contributed by atoms with Gasteiger partial charge >= 0.3 is 12.3 Å². The third kappa shape index (κ3) is 4.09. The smallest absolute Gasteiger partial charge is 0.427 e. The number of hydrogen-bond acceptors (Lipinski definition) is 4. The van der Waals surface area contributed by atoms with E-state index in [4.69, 9.17) is 0 Å². The zero-order valence-electron chi connectivity index (χ0n) is 12.2. The van der Waals surface area contributed by atoms with E-state index in [1.165, 1.54) is 25.5 Å². The van der Waals surface area contributed by atoms with Gasteiger partial charge in [-0.05, 0) is 19.1 Å². The predicted molar refractivity (Wildman–Crippen MR) is 76.9 cm³/mol. The van der Waals surface area contributed by atoms with Gasteiger partial charge in [0.1, 0.15) is 11.5 Å². The average Bonchev–Trinajstić information content (AvgIpc) is 2.87. The van der Waals surface area contributed by atoms with Crippen LogP contribution in [-0.2, 0) is 10.9 Å². The maximum atomic E-state index is 12.7. The van der Waals surface area contributed by atoms with Gasteiger partial charge in [0.15, 0.2) is 0 Å². The Balaban J connectivity index is 2.26. The molecule has 0 aliphatic heterocycles. The molecule has 2 aromatic rings. The van der Waals surface area contributed by atoms with Gasteiger partial charge in [0.05, 0.1) is 18.9 Å². The molecular weight excluding hydrogens is 313 g/mol. The summed E-state index contributed by atoms with van der Waals surface area (Å²) >= 11 is 0. The number of aromatic amines is 1. The standard InChI is InChI=1S/C14H13F3N4O2/c1-8-11(7-18-21-13(22)23-2)20-12(19-8)9-4-3-5-10(6-9)14(15,16)17/h3-7H,1-2H3,(H,19,20)(H,21,22). The molecule has 1 heterocycles. The van der Waals surface area contributed by atoms with E-state index in [9.17, 15) is 18.0 Å². The van der Waals surface area contributed by atoms with Crippen LogP contribution in [0.5, 0.6) is 0 Å². The van der Waals surface area contributed by atoms with Gasteiger partial charge in [-0.25, -0.2) is 15.2 Å². The number of alkyl halides is 3. The largest absolute Gasteiger partial charge is 0.452 e. The first-order valence-corrected chi connectivity index (χ1v) is 6.42. The lowest BCUT2D eigenvalue weighted by molar-refractivity contribution is -0.137. The number of methoxy groups -OCH3 is 1. The zero-order valence-corrected chi connectivity index (χ0v) is 12.2. The lowest BCUT2D eigenvalue weighted by atomic mass is 10.1. The first-order chi connectivity index (χ1) is 10.8. The molecular formula is C14H13F3N4O2. The predicted octanol–water partition coefficient (Wildman–Crippen LogP) is 3.09. The molecule has 0 atom stereocenters. The fraction of sp³-hybridized carbons (Fsp3) is 0.214. The summed E-state index contributed by atoms with van der Waals surface area (Å²) < 4.78 is 42.6. The average molecular weight is 326 g/mol. The van der Waals surface area contributed by atoms with Crippen LogP contribution in [0.1, 0.15) is 17.0 Å². The molecule has 0 saturated carbocycles. The Morgan fingerprint density at radius 1 is 1.43 bits per heavy atom. The van der Waals surface area contributed by atoms with Crippen LogP contribution in [0.4, 0.5) is 18.0 Å². The van der Waals surface area contributed by atoms with Crippen molar-refractivity contribution < 1.29 is 22.7 Å². The van der Waals surface area contributed by atoms with Crippen LogP contribution in [0.15, 0.2) is 29.4 Å². The molecule has 0 spiro atoms. The van der Waals surface area contributed by atoms with Crippen molar-refractivity contribution in [2.45, 2.75) is 13.1 Å². The van der Waals surface area contributed by atoms with Crippen LogP contribution in [0, 0.1) is 6.92 Å². The number of nitrogens with zero attached hydrogens (tertiary/aromatic N) is 2. The molecule has 0 unspecified atom stereocenters. The molecule has 9 heteroatoms. The monoisotopic (exact) mass is 326 g/mol. The van der Waals surface area contributed by atoms with Crippen molar-refractivity contribution in [3.05, 3.63) is 41.2 Å². The topological polar surface area (TPSA) is 79.4 Å². The first-order valence-electron chi connectivity index (χ1n) is 6.42. The maximum absolute atomic E-state index is 12.7. The Morgan fingerprint density at radius 2 is 2.17 bits per heavy atom. The molecule has 6 nitrogen and oxygen atoms in total. The molecule has 23 heavy (non-hydrogen) atoms. The van der Waals surface area contributed by atoms with Crippen molar-refractivity contribution in [2.75, 3.05) is 7.11 Å². The molecule has 1 aromatic heterocycles. The Labute approximate surface area is 129 Å². The summed E-state index contributed by atoms with van der Waals surface area (Å²) in [5.74, 6) is 0.271. The van der Waals surface area contributed by atoms with Crippen LogP contribution in [-0.4, -0.2) is 29.4 Å². The Kier molecular flexibility index (Phi) is 4.68. The zero-order chi connectivity index (χ0) is 17.0. The molecule has 1 amide bonds. The van der Waals surface area contributed by atoms with Crippen LogP contribution >= 0.6 is 0 Å². The summed E-state index contributed by atoms with van der Waals surface area (Å²) in [6.45, 7) is 1.68. The number of amides is 1. The summed E-state index contributed by atoms with van der Waals surface area (Å²) in [4.78, 5) is 17.9. The minimum absolute atomic E-state index is 0.271. The van der Waals surface area contributed by atoms with E-state index in [1.54, 1.807) is 6.92 Å². The maximum Gasteiger partial charge on any atom is 0.427 e. The van der Waals surface area contributed by atoms with Crippen molar-refractivity contribution >= 4 is 12.3 Å². The summed E-state index contributed by atoms with van der Waals surface area (Å²) in [6, 6.07) is 4.82. The minimum atomic E-state index is -4.42. The van der Waals surface area contributed by atoms with Gasteiger partial charge in [0.2, 0.25) is 0 Å². The van der Waals surface area contributed by atoms with Crippen molar-refractivity contribution in [3.63, 3.8) is 0 Å². The van der Waals surface area contributed by atoms with Gasteiger partial charge in [-0.15, -0.1) is 0 Å². The molecule has 1 aromatic carbocycles. The molecule has 0 aliphatic rings. The number of halogens is 3. The number of aromatic nitrogens is 2. The quantitative estimate of drug-likeness (QED) is 0.672. The first kappa shape index (κ1) is 16.5. The summed E-state index contributed by atoms with van der Waals surface area (Å²) in [6.07, 6.45) is -3.90. The summed E-state index contributed by atoms with van der Waals surface area (Å²) in [5.41, 5.74) is 2.60. The van der Waals surface area contributed by atoms with Gasteiger partial charge in [-0.2, -0.15) is 18.3 Å². The number of hydrazone groups is 1. The number of carbonyl (C=O) groups is 1. The number of aryl methyl sites for hydroxylation is 1. The highest BCUT2D eigenvalue weighted by molar-refractivity contribution is 5.81. The molecule has 0 bridgehead atoms. The number of rotatable bonds is 3. The van der Waals surface area contributed by atoms with E-state index in [-0.39, 0.29) is 5.82 Å². The highest BCUT2D eigenvalue weighted by atomic mass is 19.4. The van der Waals surface area contributed by atoms with Gasteiger partial charge in [0, 0.05) is 11.3 Å². The minimum Gasteiger partial charge on any atom is -0.452 e. The fourth-order valence-corrected chi connectivity index (χ4v) is 1.77. The number of nitrogens with one attached hydrogen (secondary N) is 2. The van der Waals surface area contributed by atoms with Gasteiger partial charge in [0.25, 0.3) is 0 Å². The third-order valence-corrected chi connectivity index (χ3v) is 2.91. The fourth-order valence-electron chi connectivity index (χ4n) is 1.77. The number of imidazole rings is 1. The molecule has 0 aliphatic carbocycles. The van der Waals surface area contributed by atoms with Gasteiger partial charge in [-0.3, -0.25) is 0 Å². The number of ether oxygens (including phenoxy) is 1. The Morgan fingerprint density at radius 3 is 2.83 bits per heavy atom. The lowest BCUT2D eigenvalue weighted by Crippen LogP contribution is -2.16. The highest BCUT2D eigenvalue weighted by Crippen LogP contribution is 2.31. The van der Waals surface area contributed by atoms with E-state index in [0.717, 1.165) is 12.1 Å². The third-order valence-electron chi connectivity index (χ3n) is 2.91. The number of benzene rings is 1. The molecule has 0 radical (unpaired) electrons. The summed E-state index contributed by atoms with van der Waals surface area (Å²) in [7, 11) is 1.19. The Hall–Kier alpha value is -2.84. The second kappa shape index (κ2) is 6.51. The second-order valence-electron chi connectivity index (χ2n) is 4.54. The molecule has 2 rings (SSSR count). The molecule has 2 N–H and O–H groups in total. The second-order valence-corrected chi connectivity index (χ2v) is 4.54. The highest BCUT2D eigenvalue weighted by Gasteiger charge is 2.30. The lowest BCUT2D eigenvalue weighted by Gasteiger charge is -2.07. The van der Waals surface area contributed by atoms with Crippen LogP contribution in [0.3, 0.4) is 0 Å². The summed E-state index contributed by atoms with van der Waals surface area (Å²) in [5, 5.41) is 3.62. The van der Waals surface area contributed by atoms with Gasteiger partial charge in [-0.1, -0.05) is 12.1 Å². The van der Waals surface area contributed by atoms with Crippen molar-refractivity contribution in [1.29, 1.82) is 0 Å². The number of carbonyl (C=O) groups excluding carboxylic acids is 1. The van der Waals surface area contributed by atoms with E-state index in [0.29, 0.717) is 17.0 Å².